The number of aromatic amines is 1. The lowest BCUT2D eigenvalue weighted by Crippen LogP contribution is -2.11. The van der Waals surface area contributed by atoms with Crippen LogP contribution >= 0.6 is 0 Å². The van der Waals surface area contributed by atoms with Crippen molar-refractivity contribution in [2.75, 3.05) is 6.61 Å². The first-order valence-corrected chi connectivity index (χ1v) is 5.28. The van der Waals surface area contributed by atoms with Crippen LogP contribution in [-0.4, -0.2) is 22.5 Å². The average Bonchev–Trinajstić information content (AvgIpc) is 2.15. The molecule has 0 fully saturated rings. The number of rotatable bonds is 5. The van der Waals surface area contributed by atoms with Crippen molar-refractivity contribution < 1.29 is 9.53 Å². The number of carbonyl (C=O) groups is 1. The van der Waals surface area contributed by atoms with E-state index in [9.17, 15) is 9.59 Å². The van der Waals surface area contributed by atoms with E-state index in [1.54, 1.807) is 6.92 Å². The van der Waals surface area contributed by atoms with Gasteiger partial charge in [0.05, 0.1) is 6.61 Å². The Morgan fingerprint density at radius 3 is 2.88 bits per heavy atom. The summed E-state index contributed by atoms with van der Waals surface area (Å²) in [5.41, 5.74) is 0.598. The highest BCUT2D eigenvalue weighted by atomic mass is 16.5. The molecule has 0 atom stereocenters. The van der Waals surface area contributed by atoms with Crippen LogP contribution in [0, 0.1) is 6.92 Å². The van der Waals surface area contributed by atoms with Gasteiger partial charge in [-0.3, -0.25) is 9.59 Å². The molecular formula is C11H16N2O3. The van der Waals surface area contributed by atoms with Crippen LogP contribution in [0.1, 0.15) is 31.3 Å². The van der Waals surface area contributed by atoms with Gasteiger partial charge in [-0.15, -0.1) is 0 Å². The zero-order valence-corrected chi connectivity index (χ0v) is 9.58. The van der Waals surface area contributed by atoms with Crippen LogP contribution in [0.15, 0.2) is 10.9 Å². The number of aryl methyl sites for hydroxylation is 2. The summed E-state index contributed by atoms with van der Waals surface area (Å²) in [7, 11) is 0. The van der Waals surface area contributed by atoms with E-state index in [0.29, 0.717) is 18.9 Å². The first-order chi connectivity index (χ1) is 7.58. The van der Waals surface area contributed by atoms with Crippen molar-refractivity contribution in [3.05, 3.63) is 27.9 Å². The van der Waals surface area contributed by atoms with Crippen LogP contribution in [0.4, 0.5) is 0 Å². The molecule has 0 aliphatic heterocycles. The van der Waals surface area contributed by atoms with Gasteiger partial charge < -0.3 is 9.72 Å². The molecule has 0 unspecified atom stereocenters. The third-order valence-corrected chi connectivity index (χ3v) is 2.03. The second-order valence-corrected chi connectivity index (χ2v) is 3.63. The van der Waals surface area contributed by atoms with E-state index in [-0.39, 0.29) is 11.5 Å². The minimum Gasteiger partial charge on any atom is -0.466 e. The topological polar surface area (TPSA) is 72.0 Å². The highest BCUT2D eigenvalue weighted by Crippen LogP contribution is 1.99. The molecule has 88 valence electrons. The van der Waals surface area contributed by atoms with Gasteiger partial charge in [-0.05, 0) is 19.8 Å². The summed E-state index contributed by atoms with van der Waals surface area (Å²) in [6.45, 7) is 3.60. The molecule has 0 spiro atoms. The maximum atomic E-state index is 11.1. The molecule has 0 amide bonds. The predicted octanol–water partition coefficient (Wildman–Crippen LogP) is 0.964. The van der Waals surface area contributed by atoms with E-state index in [4.69, 9.17) is 4.74 Å². The second kappa shape index (κ2) is 6.05. The number of ether oxygens (including phenoxy) is 1. The first-order valence-electron chi connectivity index (χ1n) is 5.28. The molecule has 1 rings (SSSR count). The number of nitrogens with zero attached hydrogens (tertiary/aromatic N) is 1. The molecule has 1 N–H and O–H groups in total. The first kappa shape index (κ1) is 12.4. The summed E-state index contributed by atoms with van der Waals surface area (Å²) in [6, 6.07) is 1.46. The molecule has 16 heavy (non-hydrogen) atoms. The zero-order chi connectivity index (χ0) is 12.0. The lowest BCUT2D eigenvalue weighted by molar-refractivity contribution is -0.141. The molecular weight excluding hydrogens is 208 g/mol. The highest BCUT2D eigenvalue weighted by molar-refractivity contribution is 5.65. The largest absolute Gasteiger partial charge is 0.466 e. The van der Waals surface area contributed by atoms with Gasteiger partial charge in [0.25, 0.3) is 5.56 Å². The number of H-pyrrole nitrogens is 1. The van der Waals surface area contributed by atoms with Crippen molar-refractivity contribution in [1.29, 1.82) is 0 Å². The smallest absolute Gasteiger partial charge is 0.302 e. The van der Waals surface area contributed by atoms with Crippen molar-refractivity contribution in [3.8, 4) is 0 Å². The third kappa shape index (κ3) is 4.72. The van der Waals surface area contributed by atoms with E-state index in [1.807, 2.05) is 0 Å². The van der Waals surface area contributed by atoms with Crippen molar-refractivity contribution in [2.24, 2.45) is 0 Å². The van der Waals surface area contributed by atoms with Crippen LogP contribution in [0.25, 0.3) is 0 Å². The number of carbonyl (C=O) groups excluding carboxylic acids is 1. The summed E-state index contributed by atoms with van der Waals surface area (Å²) in [6.07, 6.45) is 2.30. The van der Waals surface area contributed by atoms with Crippen LogP contribution < -0.4 is 5.56 Å². The molecule has 0 saturated heterocycles. The Hall–Kier alpha value is -1.65. The summed E-state index contributed by atoms with van der Waals surface area (Å²) >= 11 is 0. The zero-order valence-electron chi connectivity index (χ0n) is 9.58. The molecule has 0 aromatic carbocycles. The fourth-order valence-corrected chi connectivity index (χ4v) is 1.37. The molecule has 0 saturated carbocycles. The number of hydrogen-bond donors (Lipinski definition) is 1. The van der Waals surface area contributed by atoms with Gasteiger partial charge in [0, 0.05) is 25.1 Å². The van der Waals surface area contributed by atoms with Crippen LogP contribution in [0.2, 0.25) is 0 Å². The van der Waals surface area contributed by atoms with E-state index in [1.165, 1.54) is 13.0 Å². The van der Waals surface area contributed by atoms with Gasteiger partial charge >= 0.3 is 5.97 Å². The molecule has 0 aliphatic carbocycles. The minimum atomic E-state index is -0.262. The fourth-order valence-electron chi connectivity index (χ4n) is 1.37. The Morgan fingerprint density at radius 2 is 2.25 bits per heavy atom. The van der Waals surface area contributed by atoms with E-state index in [0.717, 1.165) is 18.5 Å². The SMILES string of the molecule is CC(=O)OCCCCc1nc(C)cc(=O)[nH]1. The molecule has 1 heterocycles. The second-order valence-electron chi connectivity index (χ2n) is 3.63. The Labute approximate surface area is 93.9 Å². The lowest BCUT2D eigenvalue weighted by Gasteiger charge is -2.02. The Kier molecular flexibility index (Phi) is 4.69. The summed E-state index contributed by atoms with van der Waals surface area (Å²) < 4.78 is 4.80. The van der Waals surface area contributed by atoms with E-state index in [2.05, 4.69) is 9.97 Å². The van der Waals surface area contributed by atoms with Gasteiger partial charge in [0.2, 0.25) is 0 Å². The maximum absolute atomic E-state index is 11.1. The van der Waals surface area contributed by atoms with Gasteiger partial charge in [-0.1, -0.05) is 0 Å². The predicted molar refractivity (Wildman–Crippen MR) is 59.2 cm³/mol. The number of unbranched alkanes of at least 4 members (excludes halogenated alkanes) is 1. The molecule has 1 aromatic rings. The molecule has 5 nitrogen and oxygen atoms in total. The van der Waals surface area contributed by atoms with E-state index < -0.39 is 0 Å². The molecule has 5 heteroatoms. The molecule has 0 bridgehead atoms. The maximum Gasteiger partial charge on any atom is 0.302 e. The van der Waals surface area contributed by atoms with Crippen LogP contribution in [-0.2, 0) is 16.0 Å². The number of nitrogens with one attached hydrogen (secondary N) is 1. The van der Waals surface area contributed by atoms with Gasteiger partial charge in [0.15, 0.2) is 0 Å². The van der Waals surface area contributed by atoms with Gasteiger partial charge in [0.1, 0.15) is 5.82 Å². The number of hydrogen-bond acceptors (Lipinski definition) is 4. The van der Waals surface area contributed by atoms with E-state index >= 15 is 0 Å². The van der Waals surface area contributed by atoms with Crippen LogP contribution in [0.5, 0.6) is 0 Å². The summed E-state index contributed by atoms with van der Waals surface area (Å²) in [5, 5.41) is 0. The Balaban J connectivity index is 2.32. The van der Waals surface area contributed by atoms with Crippen molar-refractivity contribution in [1.82, 2.24) is 9.97 Å². The fraction of sp³-hybridized carbons (Fsp3) is 0.545. The summed E-state index contributed by atoms with van der Waals surface area (Å²) in [4.78, 5) is 28.5. The summed E-state index contributed by atoms with van der Waals surface area (Å²) in [5.74, 6) is 0.426. The molecule has 0 aliphatic rings. The monoisotopic (exact) mass is 224 g/mol. The van der Waals surface area contributed by atoms with Crippen molar-refractivity contribution >= 4 is 5.97 Å². The average molecular weight is 224 g/mol. The molecule has 1 aromatic heterocycles. The lowest BCUT2D eigenvalue weighted by atomic mass is 10.2. The standard InChI is InChI=1S/C11H16N2O3/c1-8-7-11(15)13-10(12-8)5-3-4-6-16-9(2)14/h7H,3-6H2,1-2H3,(H,12,13,15). The third-order valence-electron chi connectivity index (χ3n) is 2.03. The highest BCUT2D eigenvalue weighted by Gasteiger charge is 1.99. The number of aromatic nitrogens is 2. The number of esters is 1. The van der Waals surface area contributed by atoms with Crippen LogP contribution in [0.3, 0.4) is 0 Å². The Morgan fingerprint density at radius 1 is 1.50 bits per heavy atom. The minimum absolute atomic E-state index is 0.123. The van der Waals surface area contributed by atoms with Crippen molar-refractivity contribution in [2.45, 2.75) is 33.1 Å². The molecule has 0 radical (unpaired) electrons. The Bertz CT molecular complexity index is 412. The van der Waals surface area contributed by atoms with Gasteiger partial charge in [-0.25, -0.2) is 4.98 Å². The van der Waals surface area contributed by atoms with Gasteiger partial charge in [-0.2, -0.15) is 0 Å². The quantitative estimate of drug-likeness (QED) is 0.597. The normalized spacial score (nSPS) is 10.1. The van der Waals surface area contributed by atoms with Crippen molar-refractivity contribution in [3.63, 3.8) is 0 Å².